The molecule has 0 aromatic carbocycles. The monoisotopic (exact) mass is 204 g/mol. The van der Waals surface area contributed by atoms with E-state index in [0.29, 0.717) is 13.0 Å². The Labute approximate surface area is 85.5 Å². The van der Waals surface area contributed by atoms with Crippen LogP contribution in [0.4, 0.5) is 0 Å². The minimum atomic E-state index is -0.819. The van der Waals surface area contributed by atoms with Crippen molar-refractivity contribution < 1.29 is 19.0 Å². The van der Waals surface area contributed by atoms with E-state index >= 15 is 0 Å². The van der Waals surface area contributed by atoms with Crippen molar-refractivity contribution >= 4 is 5.97 Å². The van der Waals surface area contributed by atoms with Crippen LogP contribution >= 0.6 is 0 Å². The summed E-state index contributed by atoms with van der Waals surface area (Å²) >= 11 is 0. The number of carbonyl (C=O) groups is 1. The summed E-state index contributed by atoms with van der Waals surface area (Å²) in [6.45, 7) is 7.47. The summed E-state index contributed by atoms with van der Waals surface area (Å²) in [5.41, 5.74) is 0. The Balaban J connectivity index is 4.51. The van der Waals surface area contributed by atoms with Crippen molar-refractivity contribution in [2.45, 2.75) is 46.0 Å². The van der Waals surface area contributed by atoms with Gasteiger partial charge in [-0.05, 0) is 13.8 Å². The van der Waals surface area contributed by atoms with Gasteiger partial charge in [-0.1, -0.05) is 6.92 Å². The maximum absolute atomic E-state index is 10.8. The van der Waals surface area contributed by atoms with Gasteiger partial charge in [0.1, 0.15) is 0 Å². The predicted molar refractivity (Wildman–Crippen MR) is 52.9 cm³/mol. The molecule has 2 atom stereocenters. The highest BCUT2D eigenvalue weighted by Crippen LogP contribution is 2.24. The molecule has 0 bridgehead atoms. The lowest BCUT2D eigenvalue weighted by atomic mass is 10.1. The molecule has 14 heavy (non-hydrogen) atoms. The summed E-state index contributed by atoms with van der Waals surface area (Å²) in [7, 11) is 1.55. The third-order valence-corrected chi connectivity index (χ3v) is 2.19. The second kappa shape index (κ2) is 5.98. The van der Waals surface area contributed by atoms with Crippen LogP contribution in [0.2, 0.25) is 0 Å². The van der Waals surface area contributed by atoms with Gasteiger partial charge >= 0.3 is 5.97 Å². The summed E-state index contributed by atoms with van der Waals surface area (Å²) in [5.74, 6) is -1.15. The number of rotatable bonds is 6. The highest BCUT2D eigenvalue weighted by Gasteiger charge is 2.37. The van der Waals surface area contributed by atoms with Crippen LogP contribution in [0.25, 0.3) is 0 Å². The summed E-state index contributed by atoms with van der Waals surface area (Å²) in [6, 6.07) is 0. The van der Waals surface area contributed by atoms with Gasteiger partial charge in [0.25, 0.3) is 0 Å². The second-order valence-corrected chi connectivity index (χ2v) is 3.05. The molecule has 4 nitrogen and oxygen atoms in total. The minimum absolute atomic E-state index is 0.327. The molecule has 0 rings (SSSR count). The zero-order chi connectivity index (χ0) is 11.2. The summed E-state index contributed by atoms with van der Waals surface area (Å²) in [4.78, 5) is 10.8. The highest BCUT2D eigenvalue weighted by atomic mass is 16.7. The molecular weight excluding hydrogens is 184 g/mol. The largest absolute Gasteiger partial charge is 0.457 e. The number of carbonyl (C=O) groups excluding carboxylic acids is 1. The summed E-state index contributed by atoms with van der Waals surface area (Å²) < 4.78 is 15.8. The van der Waals surface area contributed by atoms with E-state index in [-0.39, 0.29) is 5.97 Å². The first-order chi connectivity index (χ1) is 6.52. The maximum atomic E-state index is 10.8. The third-order valence-electron chi connectivity index (χ3n) is 2.19. The van der Waals surface area contributed by atoms with E-state index in [0.717, 1.165) is 0 Å². The molecule has 4 heteroatoms. The van der Waals surface area contributed by atoms with Crippen LogP contribution in [0.1, 0.15) is 34.1 Å². The van der Waals surface area contributed by atoms with Crippen LogP contribution in [0, 0.1) is 0 Å². The summed E-state index contributed by atoms with van der Waals surface area (Å²) in [5, 5.41) is 0. The lowest BCUT2D eigenvalue weighted by molar-refractivity contribution is -0.271. The Hall–Kier alpha value is -0.610. The zero-order valence-corrected chi connectivity index (χ0v) is 9.62. The fraction of sp³-hybridized carbons (Fsp3) is 0.900. The Morgan fingerprint density at radius 2 is 2.00 bits per heavy atom. The number of esters is 1. The Bertz CT molecular complexity index is 175. The first kappa shape index (κ1) is 13.4. The van der Waals surface area contributed by atoms with Crippen molar-refractivity contribution in [2.75, 3.05) is 13.7 Å². The van der Waals surface area contributed by atoms with E-state index < -0.39 is 11.9 Å². The van der Waals surface area contributed by atoms with Crippen LogP contribution < -0.4 is 0 Å². The van der Waals surface area contributed by atoms with Crippen LogP contribution in [-0.2, 0) is 19.0 Å². The molecule has 0 radical (unpaired) electrons. The minimum Gasteiger partial charge on any atom is -0.457 e. The smallest absolute Gasteiger partial charge is 0.303 e. The Morgan fingerprint density at radius 3 is 2.29 bits per heavy atom. The van der Waals surface area contributed by atoms with E-state index in [2.05, 4.69) is 0 Å². The third kappa shape index (κ3) is 3.27. The molecule has 0 aliphatic heterocycles. The van der Waals surface area contributed by atoms with E-state index in [1.54, 1.807) is 14.0 Å². The van der Waals surface area contributed by atoms with Gasteiger partial charge in [-0.25, -0.2) is 0 Å². The van der Waals surface area contributed by atoms with E-state index in [4.69, 9.17) is 14.2 Å². The normalized spacial score (nSPS) is 17.2. The van der Waals surface area contributed by atoms with Gasteiger partial charge < -0.3 is 14.2 Å². The van der Waals surface area contributed by atoms with Crippen molar-refractivity contribution in [3.05, 3.63) is 0 Å². The summed E-state index contributed by atoms with van der Waals surface area (Å²) in [6.07, 6.45) is 0.223. The van der Waals surface area contributed by atoms with Gasteiger partial charge in [0, 0.05) is 27.1 Å². The van der Waals surface area contributed by atoms with E-state index in [9.17, 15) is 4.79 Å². The lowest BCUT2D eigenvalue weighted by Crippen LogP contribution is -2.46. The predicted octanol–water partition coefficient (Wildman–Crippen LogP) is 1.73. The average molecular weight is 204 g/mol. The van der Waals surface area contributed by atoms with Crippen LogP contribution in [0.15, 0.2) is 0 Å². The molecule has 0 saturated carbocycles. The fourth-order valence-electron chi connectivity index (χ4n) is 1.46. The number of ether oxygens (including phenoxy) is 3. The molecular formula is C10H20O4. The zero-order valence-electron chi connectivity index (χ0n) is 9.62. The molecule has 0 saturated heterocycles. The molecule has 0 aliphatic rings. The van der Waals surface area contributed by atoms with Crippen LogP contribution in [0.3, 0.4) is 0 Å². The Morgan fingerprint density at radius 1 is 1.43 bits per heavy atom. The van der Waals surface area contributed by atoms with Crippen molar-refractivity contribution in [1.29, 1.82) is 0 Å². The molecule has 84 valence electrons. The van der Waals surface area contributed by atoms with E-state index in [1.807, 2.05) is 13.8 Å². The molecule has 0 N–H and O–H groups in total. The molecule has 0 heterocycles. The number of hydrogen-bond acceptors (Lipinski definition) is 4. The van der Waals surface area contributed by atoms with Gasteiger partial charge in [-0.15, -0.1) is 0 Å². The first-order valence-corrected chi connectivity index (χ1v) is 4.88. The molecule has 0 spiro atoms. The van der Waals surface area contributed by atoms with Gasteiger partial charge in [0.05, 0.1) is 0 Å². The van der Waals surface area contributed by atoms with Crippen molar-refractivity contribution in [3.8, 4) is 0 Å². The van der Waals surface area contributed by atoms with Crippen molar-refractivity contribution in [3.63, 3.8) is 0 Å². The molecule has 0 amide bonds. The molecule has 2 unspecified atom stereocenters. The van der Waals surface area contributed by atoms with Crippen molar-refractivity contribution in [2.24, 2.45) is 0 Å². The van der Waals surface area contributed by atoms with Gasteiger partial charge in [-0.3, -0.25) is 4.79 Å². The Kier molecular flexibility index (Phi) is 5.72. The van der Waals surface area contributed by atoms with Gasteiger partial charge in [-0.2, -0.15) is 0 Å². The molecule has 0 aromatic rings. The number of methoxy groups -OCH3 is 1. The standard InChI is InChI=1S/C10H20O4/c1-6-10(12-5,13-7-2)8(3)14-9(4)11/h8H,6-7H2,1-5H3. The topological polar surface area (TPSA) is 44.8 Å². The fourth-order valence-corrected chi connectivity index (χ4v) is 1.46. The average Bonchev–Trinajstić information content (AvgIpc) is 2.13. The molecule has 0 aromatic heterocycles. The quantitative estimate of drug-likeness (QED) is 0.488. The van der Waals surface area contributed by atoms with Gasteiger partial charge in [0.2, 0.25) is 5.79 Å². The molecule has 0 aliphatic carbocycles. The van der Waals surface area contributed by atoms with E-state index in [1.165, 1.54) is 6.92 Å². The van der Waals surface area contributed by atoms with Crippen molar-refractivity contribution in [1.82, 2.24) is 0 Å². The molecule has 0 fully saturated rings. The first-order valence-electron chi connectivity index (χ1n) is 4.88. The number of hydrogen-bond donors (Lipinski definition) is 0. The van der Waals surface area contributed by atoms with Crippen LogP contribution in [0.5, 0.6) is 0 Å². The highest BCUT2D eigenvalue weighted by molar-refractivity contribution is 5.66. The SMILES string of the molecule is CCOC(CC)(OC)C(C)OC(C)=O. The lowest BCUT2D eigenvalue weighted by Gasteiger charge is -2.35. The van der Waals surface area contributed by atoms with Crippen LogP contribution in [-0.4, -0.2) is 31.6 Å². The maximum Gasteiger partial charge on any atom is 0.303 e. The second-order valence-electron chi connectivity index (χ2n) is 3.05. The van der Waals surface area contributed by atoms with Gasteiger partial charge in [0.15, 0.2) is 6.10 Å².